The third kappa shape index (κ3) is 2.73. The second-order valence-electron chi connectivity index (χ2n) is 5.63. The van der Waals surface area contributed by atoms with Gasteiger partial charge in [0.2, 0.25) is 0 Å². The summed E-state index contributed by atoms with van der Waals surface area (Å²) in [6.45, 7) is 8.32. The highest BCUT2D eigenvalue weighted by Crippen LogP contribution is 2.19. The summed E-state index contributed by atoms with van der Waals surface area (Å²) in [5, 5.41) is 0.836. The van der Waals surface area contributed by atoms with Crippen LogP contribution in [0.25, 0.3) is 10.9 Å². The maximum absolute atomic E-state index is 12.6. The lowest BCUT2D eigenvalue weighted by Gasteiger charge is -2.11. The molecule has 2 aromatic rings. The fourth-order valence-corrected chi connectivity index (χ4v) is 2.70. The van der Waals surface area contributed by atoms with Crippen LogP contribution in [0.2, 0.25) is 0 Å². The molecule has 0 radical (unpaired) electrons. The molecule has 0 fully saturated rings. The maximum atomic E-state index is 12.6. The molecule has 102 valence electrons. The predicted molar refractivity (Wildman–Crippen MR) is 82.0 cm³/mol. The molecule has 2 heteroatoms. The average molecular weight is 257 g/mol. The standard InChI is InChI=1S/C17H23NO/c1-5-6-7-13-8-9-15-14(10-13)17(19)16(11(2)3)12(4)18-15/h8-11H,5-7H2,1-4H3,(H,18,19). The lowest BCUT2D eigenvalue weighted by atomic mass is 9.97. The topological polar surface area (TPSA) is 32.9 Å². The number of aromatic nitrogens is 1. The predicted octanol–water partition coefficient (Wildman–Crippen LogP) is 4.30. The minimum Gasteiger partial charge on any atom is -0.358 e. The molecule has 19 heavy (non-hydrogen) atoms. The summed E-state index contributed by atoms with van der Waals surface area (Å²) in [4.78, 5) is 16.0. The Morgan fingerprint density at radius 2 is 2.00 bits per heavy atom. The number of aryl methyl sites for hydroxylation is 2. The third-order valence-electron chi connectivity index (χ3n) is 3.70. The van der Waals surface area contributed by atoms with E-state index in [1.807, 2.05) is 13.0 Å². The highest BCUT2D eigenvalue weighted by molar-refractivity contribution is 5.80. The summed E-state index contributed by atoms with van der Waals surface area (Å²) in [6, 6.07) is 6.23. The summed E-state index contributed by atoms with van der Waals surface area (Å²) >= 11 is 0. The fourth-order valence-electron chi connectivity index (χ4n) is 2.70. The van der Waals surface area contributed by atoms with E-state index in [0.29, 0.717) is 0 Å². The largest absolute Gasteiger partial charge is 0.358 e. The van der Waals surface area contributed by atoms with Gasteiger partial charge in [0.1, 0.15) is 0 Å². The van der Waals surface area contributed by atoms with Gasteiger partial charge in [-0.15, -0.1) is 0 Å². The molecule has 0 aliphatic rings. The average Bonchev–Trinajstić information content (AvgIpc) is 2.36. The van der Waals surface area contributed by atoms with Gasteiger partial charge in [-0.3, -0.25) is 4.79 Å². The highest BCUT2D eigenvalue weighted by Gasteiger charge is 2.12. The van der Waals surface area contributed by atoms with E-state index in [0.717, 1.165) is 28.6 Å². The number of rotatable bonds is 4. The molecule has 0 amide bonds. The Balaban J connectivity index is 2.61. The van der Waals surface area contributed by atoms with E-state index in [1.165, 1.54) is 18.4 Å². The number of benzene rings is 1. The minimum atomic E-state index is 0.194. The van der Waals surface area contributed by atoms with E-state index in [2.05, 4.69) is 37.9 Å². The van der Waals surface area contributed by atoms with Gasteiger partial charge in [0.15, 0.2) is 5.43 Å². The van der Waals surface area contributed by atoms with Gasteiger partial charge >= 0.3 is 0 Å². The summed E-state index contributed by atoms with van der Waals surface area (Å²) in [5.41, 5.74) is 4.32. The molecule has 2 nitrogen and oxygen atoms in total. The smallest absolute Gasteiger partial charge is 0.193 e. The molecule has 0 aliphatic heterocycles. The zero-order chi connectivity index (χ0) is 14.0. The van der Waals surface area contributed by atoms with Crippen molar-refractivity contribution in [2.24, 2.45) is 0 Å². The van der Waals surface area contributed by atoms with Crippen molar-refractivity contribution >= 4 is 10.9 Å². The molecule has 2 rings (SSSR count). The first-order valence-electron chi connectivity index (χ1n) is 7.20. The monoisotopic (exact) mass is 257 g/mol. The van der Waals surface area contributed by atoms with Gasteiger partial charge in [-0.2, -0.15) is 0 Å². The molecule has 0 saturated heterocycles. The molecule has 1 heterocycles. The van der Waals surface area contributed by atoms with Gasteiger partial charge in [-0.25, -0.2) is 0 Å². The van der Waals surface area contributed by atoms with Gasteiger partial charge in [0, 0.05) is 22.2 Å². The Kier molecular flexibility index (Phi) is 4.08. The van der Waals surface area contributed by atoms with Gasteiger partial charge < -0.3 is 4.98 Å². The summed E-state index contributed by atoms with van der Waals surface area (Å²) in [7, 11) is 0. The minimum absolute atomic E-state index is 0.194. The second kappa shape index (κ2) is 5.60. The van der Waals surface area contributed by atoms with Crippen LogP contribution in [0, 0.1) is 6.92 Å². The molecule has 0 aliphatic carbocycles. The Bertz CT molecular complexity index is 637. The lowest BCUT2D eigenvalue weighted by molar-refractivity contribution is 0.795. The Hall–Kier alpha value is -1.57. The molecule has 0 unspecified atom stereocenters. The molecule has 1 aromatic carbocycles. The van der Waals surface area contributed by atoms with Gasteiger partial charge in [-0.1, -0.05) is 33.3 Å². The van der Waals surface area contributed by atoms with E-state index in [-0.39, 0.29) is 11.3 Å². The number of H-pyrrole nitrogens is 1. The van der Waals surface area contributed by atoms with Gasteiger partial charge in [0.25, 0.3) is 0 Å². The zero-order valence-electron chi connectivity index (χ0n) is 12.3. The van der Waals surface area contributed by atoms with Crippen LogP contribution >= 0.6 is 0 Å². The van der Waals surface area contributed by atoms with Crippen LogP contribution in [0.5, 0.6) is 0 Å². The lowest BCUT2D eigenvalue weighted by Crippen LogP contribution is -2.14. The van der Waals surface area contributed by atoms with Gasteiger partial charge in [-0.05, 0) is 43.4 Å². The van der Waals surface area contributed by atoms with Crippen LogP contribution in [0.4, 0.5) is 0 Å². The Morgan fingerprint density at radius 1 is 1.26 bits per heavy atom. The van der Waals surface area contributed by atoms with Crippen LogP contribution in [-0.4, -0.2) is 4.98 Å². The number of hydrogen-bond donors (Lipinski definition) is 1. The van der Waals surface area contributed by atoms with Crippen molar-refractivity contribution in [1.29, 1.82) is 0 Å². The third-order valence-corrected chi connectivity index (χ3v) is 3.70. The van der Waals surface area contributed by atoms with Crippen molar-refractivity contribution in [2.75, 3.05) is 0 Å². The van der Waals surface area contributed by atoms with E-state index in [9.17, 15) is 4.79 Å². The van der Waals surface area contributed by atoms with Crippen molar-refractivity contribution < 1.29 is 0 Å². The molecule has 0 saturated carbocycles. The molecule has 1 aromatic heterocycles. The van der Waals surface area contributed by atoms with Crippen molar-refractivity contribution in [3.63, 3.8) is 0 Å². The van der Waals surface area contributed by atoms with E-state index < -0.39 is 0 Å². The number of pyridine rings is 1. The van der Waals surface area contributed by atoms with Crippen LogP contribution in [0.3, 0.4) is 0 Å². The van der Waals surface area contributed by atoms with Crippen LogP contribution in [-0.2, 0) is 6.42 Å². The summed E-state index contributed by atoms with van der Waals surface area (Å²) < 4.78 is 0. The Labute approximate surface area is 114 Å². The molecule has 0 spiro atoms. The van der Waals surface area contributed by atoms with E-state index >= 15 is 0 Å². The highest BCUT2D eigenvalue weighted by atomic mass is 16.1. The normalized spacial score (nSPS) is 11.4. The van der Waals surface area contributed by atoms with Crippen molar-refractivity contribution in [1.82, 2.24) is 4.98 Å². The van der Waals surface area contributed by atoms with Crippen molar-refractivity contribution in [3.05, 3.63) is 45.2 Å². The van der Waals surface area contributed by atoms with Crippen LogP contribution in [0.1, 0.15) is 56.4 Å². The number of nitrogens with one attached hydrogen (secondary N) is 1. The number of hydrogen-bond acceptors (Lipinski definition) is 1. The Morgan fingerprint density at radius 3 is 2.63 bits per heavy atom. The quantitative estimate of drug-likeness (QED) is 0.870. The van der Waals surface area contributed by atoms with Crippen molar-refractivity contribution in [3.8, 4) is 0 Å². The summed E-state index contributed by atoms with van der Waals surface area (Å²) in [6.07, 6.45) is 3.41. The SMILES string of the molecule is CCCCc1ccc2[nH]c(C)c(C(C)C)c(=O)c2c1. The zero-order valence-corrected chi connectivity index (χ0v) is 12.3. The molecule has 0 bridgehead atoms. The molecule has 1 N–H and O–H groups in total. The molecular formula is C17H23NO. The maximum Gasteiger partial charge on any atom is 0.193 e. The summed E-state index contributed by atoms with van der Waals surface area (Å²) in [5.74, 6) is 0.257. The van der Waals surface area contributed by atoms with Crippen LogP contribution in [0.15, 0.2) is 23.0 Å². The van der Waals surface area contributed by atoms with E-state index in [1.54, 1.807) is 0 Å². The molecule has 0 atom stereocenters. The van der Waals surface area contributed by atoms with E-state index in [4.69, 9.17) is 0 Å². The number of unbranched alkanes of at least 4 members (excludes halogenated alkanes) is 1. The van der Waals surface area contributed by atoms with Crippen molar-refractivity contribution in [2.45, 2.75) is 52.9 Å². The first kappa shape index (κ1) is 13.9. The van der Waals surface area contributed by atoms with Crippen LogP contribution < -0.4 is 5.43 Å². The second-order valence-corrected chi connectivity index (χ2v) is 5.63. The first-order chi connectivity index (χ1) is 9.04. The number of fused-ring (bicyclic) bond motifs is 1. The van der Waals surface area contributed by atoms with Gasteiger partial charge in [0.05, 0.1) is 0 Å². The molecular weight excluding hydrogens is 234 g/mol. The number of aromatic amines is 1. The fraction of sp³-hybridized carbons (Fsp3) is 0.471. The first-order valence-corrected chi connectivity index (χ1v) is 7.20.